The number of Topliss-reactive ketones (excluding diaryl/α,β-unsaturated/α-hetero) is 1. The Morgan fingerprint density at radius 2 is 2.40 bits per heavy atom. The zero-order valence-corrected chi connectivity index (χ0v) is 8.56. The minimum atomic E-state index is -0.138. The molecule has 0 spiro atoms. The third-order valence-corrected chi connectivity index (χ3v) is 1.91. The molecular formula is C9H11N5O. The maximum atomic E-state index is 11.5. The SMILES string of the molecule is CNCC(=O)c1nc2ncc(C)cn2n1. The number of nitrogens with one attached hydrogen (secondary N) is 1. The summed E-state index contributed by atoms with van der Waals surface area (Å²) in [5.41, 5.74) is 0.972. The van der Waals surface area contributed by atoms with Crippen molar-refractivity contribution in [2.45, 2.75) is 6.92 Å². The Bertz CT molecular complexity index is 504. The van der Waals surface area contributed by atoms with Crippen LogP contribution < -0.4 is 5.32 Å². The average Bonchev–Trinajstić information content (AvgIpc) is 2.60. The molecule has 2 aromatic heterocycles. The first-order valence-corrected chi connectivity index (χ1v) is 4.57. The van der Waals surface area contributed by atoms with E-state index in [1.54, 1.807) is 19.4 Å². The summed E-state index contributed by atoms with van der Waals surface area (Å²) < 4.78 is 1.51. The van der Waals surface area contributed by atoms with Crippen LogP contribution in [0.2, 0.25) is 0 Å². The summed E-state index contributed by atoms with van der Waals surface area (Å²) >= 11 is 0. The number of fused-ring (bicyclic) bond motifs is 1. The third kappa shape index (κ3) is 1.84. The molecule has 78 valence electrons. The van der Waals surface area contributed by atoms with Crippen LogP contribution in [0.5, 0.6) is 0 Å². The number of rotatable bonds is 3. The van der Waals surface area contributed by atoms with Gasteiger partial charge in [-0.05, 0) is 19.5 Å². The number of carbonyl (C=O) groups excluding carboxylic acids is 1. The van der Waals surface area contributed by atoms with Gasteiger partial charge in [-0.2, -0.15) is 4.98 Å². The Labute approximate surface area is 86.3 Å². The molecule has 0 saturated heterocycles. The first kappa shape index (κ1) is 9.72. The smallest absolute Gasteiger partial charge is 0.252 e. The number of aryl methyl sites for hydroxylation is 1. The zero-order valence-electron chi connectivity index (χ0n) is 8.56. The fourth-order valence-corrected chi connectivity index (χ4v) is 1.23. The van der Waals surface area contributed by atoms with Gasteiger partial charge in [-0.3, -0.25) is 4.79 Å². The van der Waals surface area contributed by atoms with Gasteiger partial charge in [0.2, 0.25) is 11.6 Å². The predicted octanol–water partition coefficient (Wildman–Crippen LogP) is -0.165. The van der Waals surface area contributed by atoms with Gasteiger partial charge in [-0.25, -0.2) is 9.50 Å². The van der Waals surface area contributed by atoms with Crippen LogP contribution in [0.15, 0.2) is 12.4 Å². The van der Waals surface area contributed by atoms with Crippen LogP contribution >= 0.6 is 0 Å². The molecule has 0 aliphatic heterocycles. The number of ketones is 1. The van der Waals surface area contributed by atoms with E-state index in [9.17, 15) is 4.79 Å². The van der Waals surface area contributed by atoms with Gasteiger partial charge in [-0.1, -0.05) is 0 Å². The van der Waals surface area contributed by atoms with Crippen LogP contribution in [0.4, 0.5) is 0 Å². The first-order chi connectivity index (χ1) is 7.20. The van der Waals surface area contributed by atoms with E-state index in [0.717, 1.165) is 5.56 Å². The fourth-order valence-electron chi connectivity index (χ4n) is 1.23. The number of hydrogen-bond acceptors (Lipinski definition) is 5. The lowest BCUT2D eigenvalue weighted by Gasteiger charge is -1.91. The number of likely N-dealkylation sites (N-methyl/N-ethyl adjacent to an activating group) is 1. The maximum Gasteiger partial charge on any atom is 0.252 e. The monoisotopic (exact) mass is 205 g/mol. The molecule has 0 saturated carbocycles. The zero-order chi connectivity index (χ0) is 10.8. The summed E-state index contributed by atoms with van der Waals surface area (Å²) in [5, 5.41) is 6.81. The molecule has 2 aromatic rings. The fraction of sp³-hybridized carbons (Fsp3) is 0.333. The second-order valence-corrected chi connectivity index (χ2v) is 3.26. The van der Waals surface area contributed by atoms with Crippen LogP contribution in [0.3, 0.4) is 0 Å². The van der Waals surface area contributed by atoms with Crippen molar-refractivity contribution in [2.24, 2.45) is 0 Å². The number of aromatic nitrogens is 4. The normalized spacial score (nSPS) is 10.8. The molecule has 0 atom stereocenters. The molecule has 6 nitrogen and oxygen atoms in total. The second-order valence-electron chi connectivity index (χ2n) is 3.26. The van der Waals surface area contributed by atoms with Crippen LogP contribution in [-0.4, -0.2) is 39.0 Å². The minimum absolute atomic E-state index is 0.138. The van der Waals surface area contributed by atoms with Crippen molar-refractivity contribution < 1.29 is 4.79 Å². The Kier molecular flexibility index (Phi) is 2.42. The van der Waals surface area contributed by atoms with E-state index in [2.05, 4.69) is 20.4 Å². The molecule has 15 heavy (non-hydrogen) atoms. The van der Waals surface area contributed by atoms with E-state index in [0.29, 0.717) is 5.78 Å². The summed E-state index contributed by atoms with van der Waals surface area (Å²) in [5.74, 6) is 0.503. The molecule has 6 heteroatoms. The largest absolute Gasteiger partial charge is 0.313 e. The van der Waals surface area contributed by atoms with Crippen molar-refractivity contribution in [3.05, 3.63) is 23.8 Å². The van der Waals surface area contributed by atoms with Crippen LogP contribution in [0.25, 0.3) is 5.78 Å². The molecule has 2 heterocycles. The van der Waals surface area contributed by atoms with Crippen molar-refractivity contribution in [1.29, 1.82) is 0 Å². The highest BCUT2D eigenvalue weighted by Crippen LogP contribution is 2.00. The quantitative estimate of drug-likeness (QED) is 0.704. The molecule has 0 amide bonds. The van der Waals surface area contributed by atoms with E-state index in [1.807, 2.05) is 6.92 Å². The molecule has 0 radical (unpaired) electrons. The summed E-state index contributed by atoms with van der Waals surface area (Å²) in [7, 11) is 1.70. The van der Waals surface area contributed by atoms with E-state index in [4.69, 9.17) is 0 Å². The molecule has 0 aromatic carbocycles. The molecule has 2 rings (SSSR count). The van der Waals surface area contributed by atoms with Crippen LogP contribution in [0, 0.1) is 6.92 Å². The molecule has 0 unspecified atom stereocenters. The van der Waals surface area contributed by atoms with Crippen molar-refractivity contribution in [1.82, 2.24) is 24.9 Å². The molecule has 0 aliphatic carbocycles. The number of hydrogen-bond donors (Lipinski definition) is 1. The number of carbonyl (C=O) groups is 1. The lowest BCUT2D eigenvalue weighted by Crippen LogP contribution is -2.19. The number of nitrogens with zero attached hydrogens (tertiary/aromatic N) is 4. The maximum absolute atomic E-state index is 11.5. The van der Waals surface area contributed by atoms with Crippen molar-refractivity contribution in [2.75, 3.05) is 13.6 Å². The van der Waals surface area contributed by atoms with Gasteiger partial charge in [0.05, 0.1) is 6.54 Å². The van der Waals surface area contributed by atoms with Gasteiger partial charge in [0.15, 0.2) is 0 Å². The molecule has 0 fully saturated rings. The highest BCUT2D eigenvalue weighted by molar-refractivity contribution is 5.94. The standard InChI is InChI=1S/C9H11N5O/c1-6-3-11-9-12-8(7(15)4-10-2)13-14(9)5-6/h3,5,10H,4H2,1-2H3. The summed E-state index contributed by atoms with van der Waals surface area (Å²) in [6, 6.07) is 0. The highest BCUT2D eigenvalue weighted by atomic mass is 16.1. The van der Waals surface area contributed by atoms with E-state index < -0.39 is 0 Å². The van der Waals surface area contributed by atoms with E-state index in [-0.39, 0.29) is 18.2 Å². The molecule has 0 aliphatic rings. The summed E-state index contributed by atoms with van der Waals surface area (Å²) in [6.07, 6.45) is 3.47. The Morgan fingerprint density at radius 3 is 3.13 bits per heavy atom. The Hall–Kier alpha value is -1.82. The van der Waals surface area contributed by atoms with Crippen LogP contribution in [0.1, 0.15) is 16.2 Å². The minimum Gasteiger partial charge on any atom is -0.313 e. The highest BCUT2D eigenvalue weighted by Gasteiger charge is 2.12. The average molecular weight is 205 g/mol. The predicted molar refractivity (Wildman–Crippen MR) is 53.8 cm³/mol. The Balaban J connectivity index is 2.42. The lowest BCUT2D eigenvalue weighted by atomic mass is 10.4. The Morgan fingerprint density at radius 1 is 1.60 bits per heavy atom. The van der Waals surface area contributed by atoms with Gasteiger partial charge in [-0.15, -0.1) is 5.10 Å². The van der Waals surface area contributed by atoms with Gasteiger partial charge in [0, 0.05) is 12.4 Å². The van der Waals surface area contributed by atoms with Crippen LogP contribution in [-0.2, 0) is 0 Å². The second kappa shape index (κ2) is 3.74. The van der Waals surface area contributed by atoms with Gasteiger partial charge >= 0.3 is 0 Å². The van der Waals surface area contributed by atoms with Crippen molar-refractivity contribution in [3.63, 3.8) is 0 Å². The van der Waals surface area contributed by atoms with Gasteiger partial charge in [0.1, 0.15) is 0 Å². The summed E-state index contributed by atoms with van der Waals surface area (Å²) in [4.78, 5) is 19.6. The third-order valence-electron chi connectivity index (χ3n) is 1.91. The van der Waals surface area contributed by atoms with E-state index >= 15 is 0 Å². The first-order valence-electron chi connectivity index (χ1n) is 4.57. The van der Waals surface area contributed by atoms with Gasteiger partial charge < -0.3 is 5.32 Å². The van der Waals surface area contributed by atoms with Crippen molar-refractivity contribution >= 4 is 11.6 Å². The van der Waals surface area contributed by atoms with Gasteiger partial charge in [0.25, 0.3) is 5.78 Å². The molecule has 1 N–H and O–H groups in total. The van der Waals surface area contributed by atoms with E-state index in [1.165, 1.54) is 4.52 Å². The topological polar surface area (TPSA) is 72.2 Å². The summed E-state index contributed by atoms with van der Waals surface area (Å²) in [6.45, 7) is 2.14. The molecule has 0 bridgehead atoms. The molecular weight excluding hydrogens is 194 g/mol. The van der Waals surface area contributed by atoms with Crippen molar-refractivity contribution in [3.8, 4) is 0 Å². The lowest BCUT2D eigenvalue weighted by molar-refractivity contribution is 0.0984.